The number of carbonyl (C=O) groups excluding carboxylic acids is 2. The number of hydrogen-bond acceptors (Lipinski definition) is 7. The van der Waals surface area contributed by atoms with Gasteiger partial charge < -0.3 is 29.6 Å². The molecule has 0 aromatic heterocycles. The number of carbonyl (C=O) groups is 2. The minimum Gasteiger partial charge on any atom is -0.493 e. The van der Waals surface area contributed by atoms with E-state index in [1.54, 1.807) is 0 Å². The molecule has 0 saturated carbocycles. The minimum absolute atomic E-state index is 0.0109. The van der Waals surface area contributed by atoms with Crippen LogP contribution in [-0.2, 0) is 31.8 Å². The molecule has 2 N–H and O–H groups in total. The third kappa shape index (κ3) is 6.33. The molecule has 0 unspecified atom stereocenters. The van der Waals surface area contributed by atoms with Gasteiger partial charge in [-0.3, -0.25) is 4.79 Å². The van der Waals surface area contributed by atoms with Crippen molar-refractivity contribution in [2.75, 3.05) is 19.0 Å². The summed E-state index contributed by atoms with van der Waals surface area (Å²) in [6.07, 6.45) is 1.58. The second-order valence-corrected chi connectivity index (χ2v) is 11.7. The largest absolute Gasteiger partial charge is 0.493 e. The average molecular weight is 575 g/mol. The summed E-state index contributed by atoms with van der Waals surface area (Å²) in [7, 11) is 1.19. The number of amides is 1. The lowest BCUT2D eigenvalue weighted by Crippen LogP contribution is -2.43. The van der Waals surface area contributed by atoms with E-state index in [4.69, 9.17) is 18.9 Å². The first-order valence-corrected chi connectivity index (χ1v) is 14.0. The molecule has 2 aliphatic heterocycles. The van der Waals surface area contributed by atoms with Gasteiger partial charge >= 0.3 is 5.97 Å². The molecule has 0 radical (unpaired) electrons. The monoisotopic (exact) mass is 574 g/mol. The molecule has 0 spiro atoms. The third-order valence-corrected chi connectivity index (χ3v) is 8.22. The number of nitrogens with one attached hydrogen (secondary N) is 2. The van der Waals surface area contributed by atoms with E-state index in [9.17, 15) is 18.4 Å². The molecule has 2 heterocycles. The van der Waals surface area contributed by atoms with Crippen molar-refractivity contribution in [2.24, 2.45) is 0 Å². The Kier molecular flexibility index (Phi) is 8.94. The van der Waals surface area contributed by atoms with Gasteiger partial charge in [0.2, 0.25) is 0 Å². The van der Waals surface area contributed by atoms with Gasteiger partial charge in [-0.05, 0) is 83.2 Å². The average Bonchev–Trinajstić information content (AvgIpc) is 3.13. The van der Waals surface area contributed by atoms with Gasteiger partial charge in [0.1, 0.15) is 29.0 Å². The number of hydrogen-bond donors (Lipinski definition) is 2. The standard InChI is InChI=1S/C31H40F2N2O6/c1-8-17(2)34-19-15-22(32)25(23(33)16-19)27(36)35-24(28(37)38-7)14-18-11-12-21(26-20(18)10-9-13-39-26)29-40-30(3,4)31(5,6)41-29/h11-12,15-17,24,29,34H,8-10,13-14H2,1-7H3,(H,35,36)/t17-,24-/m0/s1. The second kappa shape index (κ2) is 11.9. The minimum atomic E-state index is -1.20. The van der Waals surface area contributed by atoms with Crippen LogP contribution in [0, 0.1) is 11.6 Å². The Hall–Kier alpha value is -3.24. The zero-order valence-corrected chi connectivity index (χ0v) is 24.8. The first-order chi connectivity index (χ1) is 19.3. The van der Waals surface area contributed by atoms with Crippen LogP contribution in [0.2, 0.25) is 0 Å². The van der Waals surface area contributed by atoms with Crippen molar-refractivity contribution in [3.05, 3.63) is 58.2 Å². The number of benzene rings is 2. The smallest absolute Gasteiger partial charge is 0.328 e. The molecule has 1 amide bonds. The SMILES string of the molecule is CC[C@H](C)Nc1cc(F)c(C(=O)N[C@@H](Cc2ccc(C3OC(C)(C)C(C)(C)O3)c3c2CCCO3)C(=O)OC)c(F)c1. The quantitative estimate of drug-likeness (QED) is 0.376. The maximum absolute atomic E-state index is 14.9. The Bertz CT molecular complexity index is 1270. The van der Waals surface area contributed by atoms with E-state index in [1.165, 1.54) is 7.11 Å². The highest BCUT2D eigenvalue weighted by Crippen LogP contribution is 2.48. The molecule has 2 aliphatic rings. The highest BCUT2D eigenvalue weighted by molar-refractivity contribution is 5.97. The molecular formula is C31H40F2N2O6. The van der Waals surface area contributed by atoms with Crippen LogP contribution in [0.5, 0.6) is 5.75 Å². The molecule has 4 rings (SSSR count). The van der Waals surface area contributed by atoms with E-state index < -0.39 is 52.6 Å². The van der Waals surface area contributed by atoms with Crippen LogP contribution in [-0.4, -0.2) is 48.9 Å². The zero-order chi connectivity index (χ0) is 30.1. The molecule has 2 atom stereocenters. The summed E-state index contributed by atoms with van der Waals surface area (Å²) in [6, 6.07) is 4.60. The Morgan fingerprint density at radius 2 is 1.73 bits per heavy atom. The Morgan fingerprint density at radius 1 is 1.10 bits per heavy atom. The number of halogens is 2. The van der Waals surface area contributed by atoms with Crippen molar-refractivity contribution in [1.82, 2.24) is 5.32 Å². The van der Waals surface area contributed by atoms with E-state index >= 15 is 0 Å². The highest BCUT2D eigenvalue weighted by atomic mass is 19.1. The molecule has 224 valence electrons. The molecule has 1 fully saturated rings. The van der Waals surface area contributed by atoms with Crippen molar-refractivity contribution in [3.63, 3.8) is 0 Å². The van der Waals surface area contributed by atoms with Gasteiger partial charge in [0.25, 0.3) is 5.91 Å². The second-order valence-electron chi connectivity index (χ2n) is 11.7. The molecule has 2 aromatic carbocycles. The van der Waals surface area contributed by atoms with Crippen molar-refractivity contribution in [1.29, 1.82) is 0 Å². The summed E-state index contributed by atoms with van der Waals surface area (Å²) >= 11 is 0. The van der Waals surface area contributed by atoms with Crippen molar-refractivity contribution in [2.45, 2.75) is 96.8 Å². The van der Waals surface area contributed by atoms with Crippen LogP contribution in [0.1, 0.15) is 87.7 Å². The predicted octanol–water partition coefficient (Wildman–Crippen LogP) is 5.62. The van der Waals surface area contributed by atoms with Crippen molar-refractivity contribution >= 4 is 17.6 Å². The molecule has 2 aromatic rings. The molecule has 0 bridgehead atoms. The summed E-state index contributed by atoms with van der Waals surface area (Å²) in [5.41, 5.74) is 0.737. The summed E-state index contributed by atoms with van der Waals surface area (Å²) in [5.74, 6) is -3.23. The molecule has 8 nitrogen and oxygen atoms in total. The maximum Gasteiger partial charge on any atom is 0.328 e. The van der Waals surface area contributed by atoms with Crippen LogP contribution in [0.3, 0.4) is 0 Å². The molecule has 41 heavy (non-hydrogen) atoms. The zero-order valence-electron chi connectivity index (χ0n) is 24.8. The molecular weight excluding hydrogens is 534 g/mol. The topological polar surface area (TPSA) is 95.1 Å². The number of anilines is 1. The number of rotatable bonds is 9. The van der Waals surface area contributed by atoms with Gasteiger partial charge in [0.05, 0.1) is 30.5 Å². The van der Waals surface area contributed by atoms with E-state index in [-0.39, 0.29) is 18.2 Å². The van der Waals surface area contributed by atoms with Crippen molar-refractivity contribution in [3.8, 4) is 5.75 Å². The summed E-state index contributed by atoms with van der Waals surface area (Å²) in [5, 5.41) is 5.47. The lowest BCUT2D eigenvalue weighted by molar-refractivity contribution is -0.142. The Labute approximate surface area is 240 Å². The van der Waals surface area contributed by atoms with Gasteiger partial charge in [-0.25, -0.2) is 13.6 Å². The third-order valence-electron chi connectivity index (χ3n) is 8.22. The number of methoxy groups -OCH3 is 1. The van der Waals surface area contributed by atoms with Gasteiger partial charge in [0.15, 0.2) is 6.29 Å². The summed E-state index contributed by atoms with van der Waals surface area (Å²) < 4.78 is 53.3. The molecule has 1 saturated heterocycles. The van der Waals surface area contributed by atoms with E-state index in [2.05, 4.69) is 10.6 Å². The first kappa shape index (κ1) is 30.7. The van der Waals surface area contributed by atoms with Gasteiger partial charge in [-0.2, -0.15) is 0 Å². The van der Waals surface area contributed by atoms with Crippen LogP contribution in [0.15, 0.2) is 24.3 Å². The van der Waals surface area contributed by atoms with E-state index in [0.29, 0.717) is 18.8 Å². The fraction of sp³-hybridized carbons (Fsp3) is 0.548. The highest BCUT2D eigenvalue weighted by Gasteiger charge is 2.50. The van der Waals surface area contributed by atoms with Crippen molar-refractivity contribution < 1.29 is 37.3 Å². The number of esters is 1. The van der Waals surface area contributed by atoms with E-state index in [0.717, 1.165) is 41.7 Å². The summed E-state index contributed by atoms with van der Waals surface area (Å²) in [4.78, 5) is 25.8. The van der Waals surface area contributed by atoms with Crippen LogP contribution < -0.4 is 15.4 Å². The molecule has 10 heteroatoms. The lowest BCUT2D eigenvalue weighted by Gasteiger charge is -2.30. The molecule has 0 aliphatic carbocycles. The van der Waals surface area contributed by atoms with Gasteiger partial charge in [-0.15, -0.1) is 0 Å². The fourth-order valence-corrected chi connectivity index (χ4v) is 4.95. The predicted molar refractivity (Wildman–Crippen MR) is 150 cm³/mol. The van der Waals surface area contributed by atoms with E-state index in [1.807, 2.05) is 53.7 Å². The van der Waals surface area contributed by atoms with Crippen LogP contribution in [0.4, 0.5) is 14.5 Å². The van der Waals surface area contributed by atoms with Gasteiger partial charge in [-0.1, -0.05) is 13.0 Å². The normalized spacial score (nSPS) is 19.0. The van der Waals surface area contributed by atoms with Gasteiger partial charge in [0, 0.05) is 18.2 Å². The number of fused-ring (bicyclic) bond motifs is 1. The Morgan fingerprint density at radius 3 is 2.32 bits per heavy atom. The maximum atomic E-state index is 14.9. The first-order valence-electron chi connectivity index (χ1n) is 14.0. The van der Waals surface area contributed by atoms with Crippen LogP contribution in [0.25, 0.3) is 0 Å². The van der Waals surface area contributed by atoms with Crippen LogP contribution >= 0.6 is 0 Å². The lowest BCUT2D eigenvalue weighted by atomic mass is 9.90. The number of ether oxygens (including phenoxy) is 4. The Balaban J connectivity index is 1.60. The fourth-order valence-electron chi connectivity index (χ4n) is 4.95. The summed E-state index contributed by atoms with van der Waals surface area (Å²) in [6.45, 7) is 12.2.